The summed E-state index contributed by atoms with van der Waals surface area (Å²) >= 11 is 0. The lowest BCUT2D eigenvalue weighted by molar-refractivity contribution is -0.103. The molecule has 0 atom stereocenters. The number of hydrogen-bond donors (Lipinski definition) is 1. The third-order valence-electron chi connectivity index (χ3n) is 2.83. The minimum absolute atomic E-state index is 0.137. The number of carbonyl (C=O) groups excluding carboxylic acids is 1. The number of rotatable bonds is 4. The molecular formula is C16H15O4+. The van der Waals surface area contributed by atoms with Crippen LogP contribution in [0, 0.1) is 6.92 Å². The third kappa shape index (κ3) is 3.17. The fraction of sp³-hybridized carbons (Fsp3) is 0.0625. The summed E-state index contributed by atoms with van der Waals surface area (Å²) in [5.74, 6) is 1.02. The van der Waals surface area contributed by atoms with Gasteiger partial charge in [0.15, 0.2) is 6.29 Å². The zero-order valence-electron chi connectivity index (χ0n) is 11.0. The number of allylic oxidation sites excluding steroid dienone is 1. The third-order valence-corrected chi connectivity index (χ3v) is 2.83. The highest BCUT2D eigenvalue weighted by atomic mass is 16.5. The van der Waals surface area contributed by atoms with Crippen LogP contribution in [0.15, 0.2) is 48.7 Å². The summed E-state index contributed by atoms with van der Waals surface area (Å²) in [6, 6.07) is 11.3. The number of phenolic OH excluding ortho intramolecular Hbond substituents is 1. The lowest BCUT2D eigenvalue weighted by atomic mass is 10.1. The van der Waals surface area contributed by atoms with Gasteiger partial charge in [-0.25, -0.2) is 0 Å². The highest BCUT2D eigenvalue weighted by molar-refractivity contribution is 6.06. The number of aryl methyl sites for hydroxylation is 1. The molecule has 0 amide bonds. The summed E-state index contributed by atoms with van der Waals surface area (Å²) < 4.78 is 5.48. The molecule has 0 saturated carbocycles. The van der Waals surface area contributed by atoms with Crippen LogP contribution < -0.4 is 4.74 Å². The molecule has 0 fully saturated rings. The molecular weight excluding hydrogens is 256 g/mol. The van der Waals surface area contributed by atoms with Gasteiger partial charge < -0.3 is 14.9 Å². The molecule has 4 heteroatoms. The Morgan fingerprint density at radius 3 is 2.55 bits per heavy atom. The average molecular weight is 271 g/mol. The first-order valence-electron chi connectivity index (χ1n) is 6.04. The molecule has 0 aliphatic rings. The molecule has 0 aliphatic heterocycles. The Bertz CT molecular complexity index is 642. The minimum atomic E-state index is 0.137. The number of ether oxygens (including phenoxy) is 1. The van der Waals surface area contributed by atoms with E-state index in [1.165, 1.54) is 18.4 Å². The van der Waals surface area contributed by atoms with E-state index < -0.39 is 0 Å². The molecule has 2 aromatic rings. The molecule has 0 radical (unpaired) electrons. The van der Waals surface area contributed by atoms with Crippen LogP contribution in [0.4, 0.5) is 0 Å². The Balaban J connectivity index is 2.25. The molecule has 2 rings (SSSR count). The topological polar surface area (TPSA) is 69.4 Å². The number of hydrogen-bond acceptors (Lipinski definition) is 3. The zero-order valence-corrected chi connectivity index (χ0v) is 11.0. The second-order valence-corrected chi connectivity index (χ2v) is 4.34. The van der Waals surface area contributed by atoms with Crippen molar-refractivity contribution in [3.8, 4) is 17.2 Å². The Hall–Kier alpha value is -2.75. The zero-order chi connectivity index (χ0) is 14.5. The van der Waals surface area contributed by atoms with E-state index in [1.54, 1.807) is 30.3 Å². The van der Waals surface area contributed by atoms with Crippen molar-refractivity contribution in [3.05, 3.63) is 59.9 Å². The molecule has 0 aliphatic carbocycles. The van der Waals surface area contributed by atoms with Gasteiger partial charge in [0.2, 0.25) is 0 Å². The van der Waals surface area contributed by atoms with E-state index in [0.29, 0.717) is 28.9 Å². The second-order valence-electron chi connectivity index (χ2n) is 4.34. The van der Waals surface area contributed by atoms with E-state index in [2.05, 4.69) is 0 Å². The maximum atomic E-state index is 11.1. The van der Waals surface area contributed by atoms with Gasteiger partial charge in [-0.15, -0.1) is 0 Å². The summed E-state index contributed by atoms with van der Waals surface area (Å²) in [6.45, 7) is 1.86. The summed E-state index contributed by atoms with van der Waals surface area (Å²) in [7, 11) is 0. The molecule has 20 heavy (non-hydrogen) atoms. The van der Waals surface area contributed by atoms with Crippen molar-refractivity contribution >= 4 is 11.9 Å². The first kappa shape index (κ1) is 13.7. The maximum Gasteiger partial charge on any atom is 0.257 e. The molecule has 0 aromatic heterocycles. The van der Waals surface area contributed by atoms with Gasteiger partial charge in [0.25, 0.3) is 5.75 Å². The van der Waals surface area contributed by atoms with Crippen LogP contribution in [0.2, 0.25) is 0 Å². The monoisotopic (exact) mass is 271 g/mol. The molecule has 4 nitrogen and oxygen atoms in total. The lowest BCUT2D eigenvalue weighted by Gasteiger charge is -2.06. The molecule has 0 unspecified atom stereocenters. The second kappa shape index (κ2) is 5.93. The van der Waals surface area contributed by atoms with Crippen LogP contribution in [0.1, 0.15) is 11.1 Å². The Labute approximate surface area is 116 Å². The molecule has 0 heterocycles. The van der Waals surface area contributed by atoms with Gasteiger partial charge in [0, 0.05) is 6.07 Å². The summed E-state index contributed by atoms with van der Waals surface area (Å²) in [5, 5.41) is 16.8. The largest absolute Gasteiger partial charge is 0.593 e. The number of benzene rings is 2. The fourth-order valence-electron chi connectivity index (χ4n) is 1.67. The molecule has 0 spiro atoms. The predicted octanol–water partition coefficient (Wildman–Crippen LogP) is 2.76. The van der Waals surface area contributed by atoms with Gasteiger partial charge >= 0.3 is 0 Å². The van der Waals surface area contributed by atoms with E-state index in [4.69, 9.17) is 9.84 Å². The van der Waals surface area contributed by atoms with Crippen molar-refractivity contribution in [2.24, 2.45) is 0 Å². The number of carbonyl (C=O) groups is 1. The summed E-state index contributed by atoms with van der Waals surface area (Å²) in [5.41, 5.74) is 1.89. The van der Waals surface area contributed by atoms with E-state index in [9.17, 15) is 9.90 Å². The van der Waals surface area contributed by atoms with Gasteiger partial charge in [-0.2, -0.15) is 0 Å². The fourth-order valence-corrected chi connectivity index (χ4v) is 1.67. The molecule has 2 aromatic carbocycles. The van der Waals surface area contributed by atoms with Crippen molar-refractivity contribution < 1.29 is 19.7 Å². The van der Waals surface area contributed by atoms with Gasteiger partial charge in [0.05, 0.1) is 11.6 Å². The van der Waals surface area contributed by atoms with Crippen molar-refractivity contribution in [2.75, 3.05) is 0 Å². The first-order chi connectivity index (χ1) is 9.60. The van der Waals surface area contributed by atoms with Crippen molar-refractivity contribution in [2.45, 2.75) is 6.92 Å². The van der Waals surface area contributed by atoms with Crippen molar-refractivity contribution in [1.29, 1.82) is 0 Å². The first-order valence-corrected chi connectivity index (χ1v) is 6.04. The predicted molar refractivity (Wildman–Crippen MR) is 77.0 cm³/mol. The standard InChI is InChI=1S/C16H14O4/c1-11-2-5-15(19)8-16(11)20-10-13(9-17)12-3-6-14(18)7-4-12/h2-10,18-19H,1H3/p+1/b13-10+. The smallest absolute Gasteiger partial charge is 0.257 e. The van der Waals surface area contributed by atoms with Crippen molar-refractivity contribution in [1.82, 2.24) is 0 Å². The van der Waals surface area contributed by atoms with Gasteiger partial charge in [0.1, 0.15) is 17.8 Å². The van der Waals surface area contributed by atoms with E-state index in [-0.39, 0.29) is 5.75 Å². The summed E-state index contributed by atoms with van der Waals surface area (Å²) in [6.07, 6.45) is 2.04. The van der Waals surface area contributed by atoms with E-state index in [1.807, 2.05) is 6.92 Å². The number of aromatic hydroxyl groups is 1. The highest BCUT2D eigenvalue weighted by Gasteiger charge is 2.05. The molecule has 0 saturated heterocycles. The van der Waals surface area contributed by atoms with Crippen LogP contribution in [-0.4, -0.2) is 16.5 Å². The Morgan fingerprint density at radius 2 is 1.90 bits per heavy atom. The van der Waals surface area contributed by atoms with Gasteiger partial charge in [-0.05, 0) is 36.2 Å². The van der Waals surface area contributed by atoms with Gasteiger partial charge in [-0.1, -0.05) is 12.1 Å². The van der Waals surface area contributed by atoms with E-state index >= 15 is 0 Å². The average Bonchev–Trinajstić information content (AvgIpc) is 2.45. The van der Waals surface area contributed by atoms with Crippen LogP contribution >= 0.6 is 0 Å². The normalized spacial score (nSPS) is 11.2. The Morgan fingerprint density at radius 1 is 1.20 bits per heavy atom. The number of phenols is 1. The van der Waals surface area contributed by atoms with Crippen LogP contribution in [-0.2, 0) is 4.79 Å². The SMILES string of the molecule is Cc1ccc([OH2+])cc1O/C=C(\C=O)c1ccc(O)cc1. The lowest BCUT2D eigenvalue weighted by Crippen LogP contribution is -1.92. The van der Waals surface area contributed by atoms with E-state index in [0.717, 1.165) is 5.56 Å². The minimum Gasteiger partial charge on any atom is -0.593 e. The van der Waals surface area contributed by atoms with Crippen LogP contribution in [0.25, 0.3) is 5.57 Å². The van der Waals surface area contributed by atoms with Crippen LogP contribution in [0.5, 0.6) is 17.2 Å². The molecule has 3 N–H and O–H groups in total. The highest BCUT2D eigenvalue weighted by Crippen LogP contribution is 2.24. The van der Waals surface area contributed by atoms with Crippen LogP contribution in [0.3, 0.4) is 0 Å². The van der Waals surface area contributed by atoms with Crippen molar-refractivity contribution in [3.63, 3.8) is 0 Å². The quantitative estimate of drug-likeness (QED) is 0.402. The maximum absolute atomic E-state index is 11.1. The molecule has 102 valence electrons. The Kier molecular flexibility index (Phi) is 4.05. The molecule has 0 bridgehead atoms. The number of aldehydes is 1. The summed E-state index contributed by atoms with van der Waals surface area (Å²) in [4.78, 5) is 11.1. The van der Waals surface area contributed by atoms with Gasteiger partial charge in [-0.3, -0.25) is 4.79 Å².